The van der Waals surface area contributed by atoms with Crippen molar-refractivity contribution >= 4 is 16.6 Å². The fraction of sp³-hybridized carbons (Fsp3) is 0.548. The molecule has 3 aromatic rings. The van der Waals surface area contributed by atoms with Gasteiger partial charge in [-0.3, -0.25) is 4.90 Å². The molecule has 1 aromatic heterocycles. The van der Waals surface area contributed by atoms with Crippen molar-refractivity contribution in [1.29, 1.82) is 0 Å². The first kappa shape index (κ1) is 26.3. The maximum absolute atomic E-state index is 6.39. The quantitative estimate of drug-likeness (QED) is 0.420. The number of rotatable bonds is 9. The zero-order valence-corrected chi connectivity index (χ0v) is 23.4. The molecule has 0 amide bonds. The van der Waals surface area contributed by atoms with E-state index in [-0.39, 0.29) is 0 Å². The SMILES string of the molecule is COCc1nnc(NC2CCN(Cc3ccc(OC4CC5CCC(C4)N5C)cc3)CC2)c2cc(OC)ccc12. The third kappa shape index (κ3) is 5.83. The highest BCUT2D eigenvalue weighted by Crippen LogP contribution is 2.36. The van der Waals surface area contributed by atoms with Gasteiger partial charge < -0.3 is 24.4 Å². The summed E-state index contributed by atoms with van der Waals surface area (Å²) in [6.07, 6.45) is 7.44. The molecule has 3 aliphatic rings. The molecule has 2 aromatic carbocycles. The summed E-state index contributed by atoms with van der Waals surface area (Å²) in [6.45, 7) is 3.49. The second-order valence-corrected chi connectivity index (χ2v) is 11.4. The van der Waals surface area contributed by atoms with Crippen molar-refractivity contribution in [2.24, 2.45) is 0 Å². The zero-order chi connectivity index (χ0) is 26.8. The number of hydrogen-bond donors (Lipinski definition) is 1. The lowest BCUT2D eigenvalue weighted by Gasteiger charge is -2.36. The van der Waals surface area contributed by atoms with Crippen molar-refractivity contribution in [1.82, 2.24) is 20.0 Å². The molecule has 3 fully saturated rings. The van der Waals surface area contributed by atoms with Gasteiger partial charge in [0.1, 0.15) is 17.6 Å². The third-order valence-electron chi connectivity index (χ3n) is 8.96. The van der Waals surface area contributed by atoms with Crippen LogP contribution < -0.4 is 14.8 Å². The topological polar surface area (TPSA) is 72.0 Å². The average Bonchev–Trinajstić information content (AvgIpc) is 3.16. The molecule has 6 rings (SSSR count). The van der Waals surface area contributed by atoms with Gasteiger partial charge in [0.15, 0.2) is 5.82 Å². The number of anilines is 1. The summed E-state index contributed by atoms with van der Waals surface area (Å²) >= 11 is 0. The monoisotopic (exact) mass is 531 g/mol. The molecule has 1 N–H and O–H groups in total. The first-order valence-electron chi connectivity index (χ1n) is 14.4. The number of aromatic nitrogens is 2. The minimum atomic E-state index is 0.357. The number of nitrogens with zero attached hydrogens (tertiary/aromatic N) is 4. The van der Waals surface area contributed by atoms with Crippen LogP contribution in [-0.2, 0) is 17.9 Å². The first-order chi connectivity index (χ1) is 19.1. The Morgan fingerprint density at radius 3 is 2.28 bits per heavy atom. The zero-order valence-electron chi connectivity index (χ0n) is 23.4. The lowest BCUT2D eigenvalue weighted by Crippen LogP contribution is -2.43. The van der Waals surface area contributed by atoms with E-state index in [0.29, 0.717) is 30.8 Å². The molecule has 0 saturated carbocycles. The minimum absolute atomic E-state index is 0.357. The summed E-state index contributed by atoms with van der Waals surface area (Å²) in [5.41, 5.74) is 2.18. The van der Waals surface area contributed by atoms with Crippen molar-refractivity contribution in [2.45, 2.75) is 75.9 Å². The molecule has 208 valence electrons. The van der Waals surface area contributed by atoms with E-state index in [1.807, 2.05) is 18.2 Å². The number of likely N-dealkylation sites (tertiary alicyclic amines) is 1. The molecule has 2 bridgehead atoms. The Morgan fingerprint density at radius 2 is 1.59 bits per heavy atom. The summed E-state index contributed by atoms with van der Waals surface area (Å²) in [4.78, 5) is 5.10. The molecule has 0 aliphatic carbocycles. The second kappa shape index (κ2) is 11.7. The van der Waals surface area contributed by atoms with Crippen LogP contribution >= 0.6 is 0 Å². The number of hydrogen-bond acceptors (Lipinski definition) is 8. The second-order valence-electron chi connectivity index (χ2n) is 11.4. The Bertz CT molecular complexity index is 1250. The molecule has 8 heteroatoms. The van der Waals surface area contributed by atoms with Crippen molar-refractivity contribution in [3.05, 3.63) is 53.7 Å². The first-order valence-corrected chi connectivity index (χ1v) is 14.4. The fourth-order valence-corrected chi connectivity index (χ4v) is 6.68. The van der Waals surface area contributed by atoms with Crippen LogP contribution in [0.4, 0.5) is 5.82 Å². The van der Waals surface area contributed by atoms with Crippen molar-refractivity contribution < 1.29 is 14.2 Å². The number of methoxy groups -OCH3 is 2. The van der Waals surface area contributed by atoms with Gasteiger partial charge in [-0.1, -0.05) is 12.1 Å². The van der Waals surface area contributed by atoms with Crippen LogP contribution in [0.2, 0.25) is 0 Å². The van der Waals surface area contributed by atoms with Crippen LogP contribution in [-0.4, -0.2) is 78.6 Å². The maximum atomic E-state index is 6.39. The summed E-state index contributed by atoms with van der Waals surface area (Å²) in [5.74, 6) is 2.64. The number of ether oxygens (including phenoxy) is 3. The average molecular weight is 532 g/mol. The standard InChI is InChI=1S/C31H41N5O3/c1-35-23-6-7-24(35)17-27(16-23)39-25-8-4-21(5-9-25)19-36-14-12-22(13-15-36)32-31-29-18-26(38-3)10-11-28(29)30(20-37-2)33-34-31/h4-5,8-11,18,22-24,27H,6-7,12-17,19-20H2,1-3H3,(H,32,34). The van der Waals surface area contributed by atoms with E-state index in [9.17, 15) is 0 Å². The van der Waals surface area contributed by atoms with Gasteiger partial charge in [-0.15, -0.1) is 5.10 Å². The molecule has 4 heterocycles. The molecule has 39 heavy (non-hydrogen) atoms. The van der Waals surface area contributed by atoms with E-state index in [4.69, 9.17) is 14.2 Å². The maximum Gasteiger partial charge on any atom is 0.156 e. The smallest absolute Gasteiger partial charge is 0.156 e. The van der Waals surface area contributed by atoms with Gasteiger partial charge in [0.25, 0.3) is 0 Å². The van der Waals surface area contributed by atoms with Gasteiger partial charge in [0, 0.05) is 55.6 Å². The van der Waals surface area contributed by atoms with Crippen LogP contribution in [0.3, 0.4) is 0 Å². The summed E-state index contributed by atoms with van der Waals surface area (Å²) in [5, 5.41) is 14.7. The number of nitrogens with one attached hydrogen (secondary N) is 1. The number of benzene rings is 2. The normalized spacial score (nSPS) is 24.2. The van der Waals surface area contributed by atoms with Gasteiger partial charge in [-0.25, -0.2) is 0 Å². The van der Waals surface area contributed by atoms with E-state index in [0.717, 1.165) is 79.1 Å². The fourth-order valence-electron chi connectivity index (χ4n) is 6.68. The van der Waals surface area contributed by atoms with Gasteiger partial charge in [0.05, 0.1) is 19.4 Å². The van der Waals surface area contributed by atoms with Crippen LogP contribution in [0.5, 0.6) is 11.5 Å². The van der Waals surface area contributed by atoms with Crippen molar-refractivity contribution in [3.8, 4) is 11.5 Å². The molecule has 0 radical (unpaired) electrons. The van der Waals surface area contributed by atoms with E-state index < -0.39 is 0 Å². The lowest BCUT2D eigenvalue weighted by atomic mass is 10.0. The molecular weight excluding hydrogens is 490 g/mol. The van der Waals surface area contributed by atoms with Crippen LogP contribution in [0.25, 0.3) is 10.8 Å². The Labute approximate surface area is 231 Å². The molecule has 2 atom stereocenters. The van der Waals surface area contributed by atoms with Gasteiger partial charge >= 0.3 is 0 Å². The molecule has 8 nitrogen and oxygen atoms in total. The minimum Gasteiger partial charge on any atom is -0.497 e. The highest BCUT2D eigenvalue weighted by molar-refractivity contribution is 5.94. The van der Waals surface area contributed by atoms with Crippen molar-refractivity contribution in [3.63, 3.8) is 0 Å². The Morgan fingerprint density at radius 1 is 0.872 bits per heavy atom. The summed E-state index contributed by atoms with van der Waals surface area (Å²) in [6, 6.07) is 16.6. The Balaban J connectivity index is 1.02. The van der Waals surface area contributed by atoms with Gasteiger partial charge in [0.2, 0.25) is 0 Å². The van der Waals surface area contributed by atoms with E-state index in [1.165, 1.54) is 18.4 Å². The molecule has 2 unspecified atom stereocenters. The van der Waals surface area contributed by atoms with Crippen LogP contribution in [0, 0.1) is 0 Å². The van der Waals surface area contributed by atoms with Crippen LogP contribution in [0.1, 0.15) is 49.8 Å². The Kier molecular flexibility index (Phi) is 7.86. The molecular formula is C31H41N5O3. The predicted octanol–water partition coefficient (Wildman–Crippen LogP) is 4.87. The lowest BCUT2D eigenvalue weighted by molar-refractivity contribution is 0.0661. The molecule has 3 aliphatic heterocycles. The van der Waals surface area contributed by atoms with E-state index in [1.54, 1.807) is 14.2 Å². The highest BCUT2D eigenvalue weighted by Gasteiger charge is 2.39. The van der Waals surface area contributed by atoms with Crippen LogP contribution in [0.15, 0.2) is 42.5 Å². The van der Waals surface area contributed by atoms with E-state index in [2.05, 4.69) is 56.6 Å². The number of fused-ring (bicyclic) bond motifs is 3. The summed E-state index contributed by atoms with van der Waals surface area (Å²) in [7, 11) is 5.65. The summed E-state index contributed by atoms with van der Waals surface area (Å²) < 4.78 is 17.2. The Hall–Kier alpha value is -2.94. The largest absolute Gasteiger partial charge is 0.497 e. The predicted molar refractivity (Wildman–Crippen MR) is 153 cm³/mol. The van der Waals surface area contributed by atoms with Crippen molar-refractivity contribution in [2.75, 3.05) is 39.7 Å². The van der Waals surface area contributed by atoms with E-state index >= 15 is 0 Å². The van der Waals surface area contributed by atoms with Gasteiger partial charge in [-0.2, -0.15) is 5.10 Å². The highest BCUT2D eigenvalue weighted by atomic mass is 16.5. The number of piperidine rings is 2. The third-order valence-corrected chi connectivity index (χ3v) is 8.96. The van der Waals surface area contributed by atoms with Gasteiger partial charge in [-0.05, 0) is 81.5 Å². The molecule has 3 saturated heterocycles. The molecule has 0 spiro atoms.